The monoisotopic (exact) mass is 286 g/mol. The minimum atomic E-state index is 0.0627. The summed E-state index contributed by atoms with van der Waals surface area (Å²) >= 11 is 1.90. The fourth-order valence-electron chi connectivity index (χ4n) is 1.90. The zero-order valence-electron chi connectivity index (χ0n) is 12.3. The summed E-state index contributed by atoms with van der Waals surface area (Å²) in [7, 11) is 1.67. The molecule has 1 atom stereocenters. The number of nitrogens with two attached hydrogens (primary N) is 1. The number of aromatic nitrogens is 2. The quantitative estimate of drug-likeness (QED) is 0.538. The highest BCUT2D eigenvalue weighted by Gasteiger charge is 2.20. The molecule has 1 rings (SSSR count). The molecule has 6 heteroatoms. The lowest BCUT2D eigenvalue weighted by molar-refractivity contribution is 0.396. The van der Waals surface area contributed by atoms with E-state index in [-0.39, 0.29) is 6.04 Å². The van der Waals surface area contributed by atoms with Gasteiger partial charge in [-0.3, -0.25) is 16.0 Å². The van der Waals surface area contributed by atoms with Crippen molar-refractivity contribution in [2.24, 2.45) is 11.8 Å². The minimum Gasteiger partial charge on any atom is -0.493 e. The van der Waals surface area contributed by atoms with Gasteiger partial charge in [-0.2, -0.15) is 16.9 Å². The summed E-state index contributed by atoms with van der Waals surface area (Å²) in [6, 6.07) is 0.0627. The molecule has 0 aliphatic heterocycles. The van der Waals surface area contributed by atoms with Crippen molar-refractivity contribution < 1.29 is 4.74 Å². The molecule has 1 heterocycles. The van der Waals surface area contributed by atoms with Crippen molar-refractivity contribution in [3.63, 3.8) is 0 Å². The zero-order valence-corrected chi connectivity index (χ0v) is 13.2. The Hall–Kier alpha value is -0.720. The molecule has 1 unspecified atom stereocenters. The van der Waals surface area contributed by atoms with Crippen LogP contribution in [-0.2, 0) is 6.54 Å². The van der Waals surface area contributed by atoms with E-state index in [9.17, 15) is 0 Å². The van der Waals surface area contributed by atoms with Gasteiger partial charge in [-0.25, -0.2) is 0 Å². The molecule has 110 valence electrons. The highest BCUT2D eigenvalue weighted by molar-refractivity contribution is 7.99. The molecule has 0 bridgehead atoms. The number of thioether (sulfide) groups is 1. The molecule has 0 amide bonds. The van der Waals surface area contributed by atoms with Gasteiger partial charge in [-0.15, -0.1) is 0 Å². The van der Waals surface area contributed by atoms with E-state index in [1.165, 1.54) is 0 Å². The van der Waals surface area contributed by atoms with Gasteiger partial charge in [0.2, 0.25) is 0 Å². The van der Waals surface area contributed by atoms with Crippen LogP contribution in [0.3, 0.4) is 0 Å². The second-order valence-corrected chi connectivity index (χ2v) is 6.05. The summed E-state index contributed by atoms with van der Waals surface area (Å²) in [5, 5.41) is 4.38. The molecule has 0 saturated carbocycles. The topological polar surface area (TPSA) is 65.1 Å². The van der Waals surface area contributed by atoms with Gasteiger partial charge in [-0.05, 0) is 18.1 Å². The zero-order chi connectivity index (χ0) is 14.3. The number of nitrogens with one attached hydrogen (secondary N) is 1. The Morgan fingerprint density at radius 2 is 2.21 bits per heavy atom. The molecule has 0 aliphatic rings. The van der Waals surface area contributed by atoms with Crippen LogP contribution in [0.25, 0.3) is 0 Å². The van der Waals surface area contributed by atoms with Crippen molar-refractivity contribution in [2.75, 3.05) is 18.6 Å². The summed E-state index contributed by atoms with van der Waals surface area (Å²) in [5.41, 5.74) is 3.93. The summed E-state index contributed by atoms with van der Waals surface area (Å²) in [6.45, 7) is 7.46. The van der Waals surface area contributed by atoms with E-state index in [4.69, 9.17) is 10.6 Å². The number of nitrogens with zero attached hydrogens (tertiary/aromatic N) is 2. The highest BCUT2D eigenvalue weighted by atomic mass is 32.2. The first-order valence-electron chi connectivity index (χ1n) is 6.77. The van der Waals surface area contributed by atoms with Gasteiger partial charge in [0.1, 0.15) is 0 Å². The molecule has 0 spiro atoms. The van der Waals surface area contributed by atoms with E-state index in [1.807, 2.05) is 16.4 Å². The van der Waals surface area contributed by atoms with Crippen LogP contribution in [0.1, 0.15) is 38.9 Å². The number of hydrogen-bond donors (Lipinski definition) is 2. The van der Waals surface area contributed by atoms with Gasteiger partial charge in [0, 0.05) is 12.3 Å². The van der Waals surface area contributed by atoms with Crippen LogP contribution in [0.15, 0.2) is 6.20 Å². The fraction of sp³-hybridized carbons (Fsp3) is 0.769. The first-order chi connectivity index (χ1) is 9.13. The number of hydrogen-bond acceptors (Lipinski definition) is 5. The van der Waals surface area contributed by atoms with Gasteiger partial charge in [0.15, 0.2) is 5.75 Å². The molecule has 3 N–H and O–H groups in total. The number of hydrazine groups is 1. The Bertz CT molecular complexity index is 368. The standard InChI is InChI=1S/C13H26N4OS/c1-5-6-17-13(12(18-4)7-15-17)11(16-14)9-19-8-10(2)3/h7,10-11,16H,5-6,8-9,14H2,1-4H3. The molecular weight excluding hydrogens is 260 g/mol. The van der Waals surface area contributed by atoms with E-state index < -0.39 is 0 Å². The van der Waals surface area contributed by atoms with Crippen LogP contribution in [0.4, 0.5) is 0 Å². The van der Waals surface area contributed by atoms with Gasteiger partial charge in [-0.1, -0.05) is 20.8 Å². The summed E-state index contributed by atoms with van der Waals surface area (Å²) in [4.78, 5) is 0. The lowest BCUT2D eigenvalue weighted by Crippen LogP contribution is -2.32. The number of ether oxygens (including phenoxy) is 1. The Morgan fingerprint density at radius 3 is 2.74 bits per heavy atom. The van der Waals surface area contributed by atoms with Crippen molar-refractivity contribution in [1.29, 1.82) is 0 Å². The molecule has 0 aliphatic carbocycles. The van der Waals surface area contributed by atoms with Crippen LogP contribution in [0, 0.1) is 5.92 Å². The normalized spacial score (nSPS) is 12.9. The molecule has 0 saturated heterocycles. The Labute approximate surface area is 120 Å². The molecule has 0 radical (unpaired) electrons. The maximum absolute atomic E-state index is 5.71. The van der Waals surface area contributed by atoms with Crippen LogP contribution >= 0.6 is 11.8 Å². The summed E-state index contributed by atoms with van der Waals surface area (Å²) in [6.07, 6.45) is 2.80. The number of methoxy groups -OCH3 is 1. The third-order valence-electron chi connectivity index (χ3n) is 2.77. The Balaban J connectivity index is 2.80. The highest BCUT2D eigenvalue weighted by Crippen LogP contribution is 2.27. The second kappa shape index (κ2) is 8.45. The van der Waals surface area contributed by atoms with Crippen molar-refractivity contribution >= 4 is 11.8 Å². The predicted octanol–water partition coefficient (Wildman–Crippen LogP) is 2.20. The summed E-state index contributed by atoms with van der Waals surface area (Å²) in [5.74, 6) is 9.25. The maximum atomic E-state index is 5.71. The molecule has 1 aromatic heterocycles. The minimum absolute atomic E-state index is 0.0627. The largest absolute Gasteiger partial charge is 0.493 e. The third-order valence-corrected chi connectivity index (χ3v) is 4.24. The lowest BCUT2D eigenvalue weighted by Gasteiger charge is -2.19. The number of rotatable bonds is 9. The molecule has 19 heavy (non-hydrogen) atoms. The van der Waals surface area contributed by atoms with Crippen LogP contribution in [-0.4, -0.2) is 28.4 Å². The van der Waals surface area contributed by atoms with Crippen molar-refractivity contribution in [3.8, 4) is 5.75 Å². The SMILES string of the molecule is CCCn1ncc(OC)c1C(CSCC(C)C)NN. The van der Waals surface area contributed by atoms with Crippen LogP contribution in [0.2, 0.25) is 0 Å². The molecule has 1 aromatic rings. The van der Waals surface area contributed by atoms with Crippen LogP contribution in [0.5, 0.6) is 5.75 Å². The van der Waals surface area contributed by atoms with Gasteiger partial charge >= 0.3 is 0 Å². The van der Waals surface area contributed by atoms with Crippen LogP contribution < -0.4 is 16.0 Å². The van der Waals surface area contributed by atoms with E-state index >= 15 is 0 Å². The molecule has 5 nitrogen and oxygen atoms in total. The molecule has 0 fully saturated rings. The predicted molar refractivity (Wildman–Crippen MR) is 81.3 cm³/mol. The second-order valence-electron chi connectivity index (χ2n) is 4.97. The van der Waals surface area contributed by atoms with Gasteiger partial charge in [0.25, 0.3) is 0 Å². The Kier molecular flexibility index (Phi) is 7.27. The van der Waals surface area contributed by atoms with E-state index in [0.29, 0.717) is 5.92 Å². The van der Waals surface area contributed by atoms with E-state index in [0.717, 1.165) is 35.9 Å². The molecular formula is C13H26N4OS. The average Bonchev–Trinajstić information content (AvgIpc) is 2.78. The lowest BCUT2D eigenvalue weighted by atomic mass is 10.2. The van der Waals surface area contributed by atoms with Gasteiger partial charge < -0.3 is 4.74 Å². The van der Waals surface area contributed by atoms with E-state index in [1.54, 1.807) is 13.3 Å². The Morgan fingerprint density at radius 1 is 1.47 bits per heavy atom. The first-order valence-corrected chi connectivity index (χ1v) is 7.93. The number of aryl methyl sites for hydroxylation is 1. The fourth-order valence-corrected chi connectivity index (χ4v) is 3.00. The van der Waals surface area contributed by atoms with Crippen molar-refractivity contribution in [1.82, 2.24) is 15.2 Å². The molecule has 0 aromatic carbocycles. The van der Waals surface area contributed by atoms with E-state index in [2.05, 4.69) is 31.3 Å². The van der Waals surface area contributed by atoms with Gasteiger partial charge in [0.05, 0.1) is 25.0 Å². The van der Waals surface area contributed by atoms with Crippen molar-refractivity contribution in [2.45, 2.75) is 39.8 Å². The average molecular weight is 286 g/mol. The summed E-state index contributed by atoms with van der Waals surface area (Å²) < 4.78 is 7.38. The first kappa shape index (κ1) is 16.3. The smallest absolute Gasteiger partial charge is 0.161 e. The maximum Gasteiger partial charge on any atom is 0.161 e. The van der Waals surface area contributed by atoms with Crippen molar-refractivity contribution in [3.05, 3.63) is 11.9 Å². The third kappa shape index (κ3) is 4.71.